The summed E-state index contributed by atoms with van der Waals surface area (Å²) in [6, 6.07) is 3.12. The van der Waals surface area contributed by atoms with E-state index in [1.54, 1.807) is 19.1 Å². The van der Waals surface area contributed by atoms with E-state index >= 15 is 0 Å². The second-order valence-electron chi connectivity index (χ2n) is 5.59. The van der Waals surface area contributed by atoms with Gasteiger partial charge in [-0.3, -0.25) is 4.79 Å². The summed E-state index contributed by atoms with van der Waals surface area (Å²) >= 11 is 3.29. The van der Waals surface area contributed by atoms with Crippen LogP contribution in [0.5, 0.6) is 11.5 Å². The van der Waals surface area contributed by atoms with E-state index in [0.717, 1.165) is 0 Å². The molecule has 1 aromatic rings. The van der Waals surface area contributed by atoms with Gasteiger partial charge in [-0.05, 0) is 46.6 Å². The number of benzene rings is 1. The lowest BCUT2D eigenvalue weighted by atomic mass is 10.1. The van der Waals surface area contributed by atoms with Gasteiger partial charge in [0.15, 0.2) is 11.5 Å². The van der Waals surface area contributed by atoms with Gasteiger partial charge in [0.1, 0.15) is 5.57 Å². The highest BCUT2D eigenvalue weighted by atomic mass is 79.9. The topological polar surface area (TPSA) is 88.1 Å². The SMILES string of the molecule is CCOc1cc(C=C2C(=O)OC(C)(C)OC2=O)cc(Br)c1OC(C)=O. The monoisotopic (exact) mass is 412 g/mol. The molecule has 1 aliphatic heterocycles. The van der Waals surface area contributed by atoms with E-state index < -0.39 is 23.7 Å². The molecule has 0 amide bonds. The van der Waals surface area contributed by atoms with Crippen molar-refractivity contribution < 1.29 is 33.3 Å². The molecule has 1 aromatic carbocycles. The summed E-state index contributed by atoms with van der Waals surface area (Å²) in [5.41, 5.74) is 0.226. The smallest absolute Gasteiger partial charge is 0.348 e. The first-order valence-corrected chi connectivity index (χ1v) is 8.25. The zero-order valence-corrected chi connectivity index (χ0v) is 15.8. The molecule has 134 valence electrons. The summed E-state index contributed by atoms with van der Waals surface area (Å²) in [6.45, 7) is 6.32. The molecule has 0 spiro atoms. The maximum Gasteiger partial charge on any atom is 0.348 e. The molecule has 0 aliphatic carbocycles. The molecule has 25 heavy (non-hydrogen) atoms. The van der Waals surface area contributed by atoms with Crippen molar-refractivity contribution in [3.8, 4) is 11.5 Å². The maximum atomic E-state index is 12.0. The number of halogens is 1. The predicted octanol–water partition coefficient (Wildman–Crippen LogP) is 2.99. The van der Waals surface area contributed by atoms with E-state index in [4.69, 9.17) is 18.9 Å². The summed E-state index contributed by atoms with van der Waals surface area (Å²) in [5, 5.41) is 0. The van der Waals surface area contributed by atoms with Crippen LogP contribution in [0.1, 0.15) is 33.3 Å². The summed E-state index contributed by atoms with van der Waals surface area (Å²) in [7, 11) is 0. The van der Waals surface area contributed by atoms with Crippen molar-refractivity contribution in [1.29, 1.82) is 0 Å². The van der Waals surface area contributed by atoms with Gasteiger partial charge >= 0.3 is 17.9 Å². The fraction of sp³-hybridized carbons (Fsp3) is 0.353. The van der Waals surface area contributed by atoms with Crippen molar-refractivity contribution >= 4 is 39.9 Å². The van der Waals surface area contributed by atoms with Crippen LogP contribution < -0.4 is 9.47 Å². The molecule has 0 radical (unpaired) electrons. The molecule has 8 heteroatoms. The van der Waals surface area contributed by atoms with Gasteiger partial charge in [-0.1, -0.05) is 0 Å². The van der Waals surface area contributed by atoms with E-state index in [1.807, 2.05) is 0 Å². The number of rotatable bonds is 4. The molecule has 0 unspecified atom stereocenters. The number of ether oxygens (including phenoxy) is 4. The van der Waals surface area contributed by atoms with Gasteiger partial charge in [-0.15, -0.1) is 0 Å². The van der Waals surface area contributed by atoms with Crippen LogP contribution in [0.25, 0.3) is 6.08 Å². The Balaban J connectivity index is 2.44. The average Bonchev–Trinajstić information content (AvgIpc) is 2.45. The molecular formula is C17H17BrO7. The van der Waals surface area contributed by atoms with Crippen molar-refractivity contribution in [1.82, 2.24) is 0 Å². The maximum absolute atomic E-state index is 12.0. The number of esters is 3. The Hall–Kier alpha value is -2.35. The summed E-state index contributed by atoms with van der Waals surface area (Å²) in [6.07, 6.45) is 1.32. The molecular weight excluding hydrogens is 396 g/mol. The number of cyclic esters (lactones) is 2. The lowest BCUT2D eigenvalue weighted by Crippen LogP contribution is -2.41. The van der Waals surface area contributed by atoms with Gasteiger partial charge in [0.2, 0.25) is 0 Å². The third-order valence-corrected chi connectivity index (χ3v) is 3.59. The lowest BCUT2D eigenvalue weighted by Gasteiger charge is -2.29. The van der Waals surface area contributed by atoms with Crippen molar-refractivity contribution in [2.24, 2.45) is 0 Å². The molecule has 7 nitrogen and oxygen atoms in total. The van der Waals surface area contributed by atoms with Crippen LogP contribution >= 0.6 is 15.9 Å². The molecule has 0 atom stereocenters. The van der Waals surface area contributed by atoms with Crippen molar-refractivity contribution in [3.05, 3.63) is 27.7 Å². The molecule has 0 N–H and O–H groups in total. The first kappa shape index (κ1) is 19.0. The zero-order chi connectivity index (χ0) is 18.8. The Labute approximate surface area is 153 Å². The highest BCUT2D eigenvalue weighted by molar-refractivity contribution is 9.10. The number of hydrogen-bond donors (Lipinski definition) is 0. The van der Waals surface area contributed by atoms with Crippen LogP contribution in [-0.2, 0) is 23.9 Å². The first-order chi connectivity index (χ1) is 11.6. The van der Waals surface area contributed by atoms with Gasteiger partial charge in [0.05, 0.1) is 11.1 Å². The van der Waals surface area contributed by atoms with Gasteiger partial charge < -0.3 is 18.9 Å². The number of hydrogen-bond acceptors (Lipinski definition) is 7. The standard InChI is InChI=1S/C17H17BrO7/c1-5-22-13-8-10(7-12(18)14(13)23-9(2)19)6-11-15(20)24-17(3,4)25-16(11)21/h6-8H,5H2,1-4H3. The minimum absolute atomic E-state index is 0.214. The van der Waals surface area contributed by atoms with Crippen molar-refractivity contribution in [2.45, 2.75) is 33.5 Å². The Morgan fingerprint density at radius 2 is 1.84 bits per heavy atom. The average molecular weight is 413 g/mol. The second kappa shape index (κ2) is 7.26. The largest absolute Gasteiger partial charge is 0.490 e. The Morgan fingerprint density at radius 3 is 2.36 bits per heavy atom. The van der Waals surface area contributed by atoms with Crippen molar-refractivity contribution in [2.75, 3.05) is 6.61 Å². The molecule has 0 saturated carbocycles. The van der Waals surface area contributed by atoms with Crippen LogP contribution in [-0.4, -0.2) is 30.3 Å². The lowest BCUT2D eigenvalue weighted by molar-refractivity contribution is -0.222. The van der Waals surface area contributed by atoms with Gasteiger partial charge in [-0.25, -0.2) is 9.59 Å². The first-order valence-electron chi connectivity index (χ1n) is 7.46. The Morgan fingerprint density at radius 1 is 1.24 bits per heavy atom. The fourth-order valence-corrected chi connectivity index (χ4v) is 2.66. The van der Waals surface area contributed by atoms with E-state index in [1.165, 1.54) is 26.8 Å². The zero-order valence-electron chi connectivity index (χ0n) is 14.2. The molecule has 2 rings (SSSR count). The number of carbonyl (C=O) groups is 3. The van der Waals surface area contributed by atoms with Gasteiger partial charge in [0.25, 0.3) is 5.79 Å². The number of carbonyl (C=O) groups excluding carboxylic acids is 3. The third-order valence-electron chi connectivity index (χ3n) is 3.01. The van der Waals surface area contributed by atoms with Crippen LogP contribution in [0.15, 0.2) is 22.2 Å². The molecule has 1 fully saturated rings. The highest BCUT2D eigenvalue weighted by Gasteiger charge is 2.38. The normalized spacial score (nSPS) is 16.0. The molecule has 0 bridgehead atoms. The van der Waals surface area contributed by atoms with Crippen LogP contribution in [0.4, 0.5) is 0 Å². The van der Waals surface area contributed by atoms with Gasteiger partial charge in [0, 0.05) is 20.8 Å². The third kappa shape index (κ3) is 4.60. The highest BCUT2D eigenvalue weighted by Crippen LogP contribution is 2.38. The summed E-state index contributed by atoms with van der Waals surface area (Å²) < 4.78 is 21.1. The summed E-state index contributed by atoms with van der Waals surface area (Å²) in [5.74, 6) is -2.86. The Kier molecular flexibility index (Phi) is 5.52. The molecule has 1 saturated heterocycles. The van der Waals surface area contributed by atoms with Crippen LogP contribution in [0, 0.1) is 0 Å². The minimum Gasteiger partial charge on any atom is -0.490 e. The van der Waals surface area contributed by atoms with Crippen LogP contribution in [0.3, 0.4) is 0 Å². The van der Waals surface area contributed by atoms with E-state index in [0.29, 0.717) is 16.6 Å². The van der Waals surface area contributed by atoms with E-state index in [-0.39, 0.29) is 17.1 Å². The molecule has 0 aromatic heterocycles. The second-order valence-corrected chi connectivity index (χ2v) is 6.45. The molecule has 1 aliphatic rings. The minimum atomic E-state index is -1.30. The van der Waals surface area contributed by atoms with E-state index in [2.05, 4.69) is 15.9 Å². The van der Waals surface area contributed by atoms with Crippen LogP contribution in [0.2, 0.25) is 0 Å². The van der Waals surface area contributed by atoms with Crippen molar-refractivity contribution in [3.63, 3.8) is 0 Å². The summed E-state index contributed by atoms with van der Waals surface area (Å²) in [4.78, 5) is 35.3. The van der Waals surface area contributed by atoms with E-state index in [9.17, 15) is 14.4 Å². The quantitative estimate of drug-likeness (QED) is 0.325. The molecule has 1 heterocycles. The van der Waals surface area contributed by atoms with Gasteiger partial charge in [-0.2, -0.15) is 0 Å². The predicted molar refractivity (Wildman–Crippen MR) is 90.9 cm³/mol. The Bertz CT molecular complexity index is 743. The fourth-order valence-electron chi connectivity index (χ4n) is 2.12.